The molecule has 0 bridgehead atoms. The van der Waals surface area contributed by atoms with Gasteiger partial charge >= 0.3 is 0 Å². The van der Waals surface area contributed by atoms with Gasteiger partial charge in [-0.15, -0.1) is 0 Å². The minimum atomic E-state index is -0.914. The van der Waals surface area contributed by atoms with Crippen LogP contribution in [0, 0.1) is 5.92 Å². The first-order chi connectivity index (χ1) is 11.6. The van der Waals surface area contributed by atoms with Crippen LogP contribution in [-0.2, 0) is 17.3 Å². The molecule has 3 nitrogen and oxygen atoms in total. The van der Waals surface area contributed by atoms with Crippen molar-refractivity contribution in [1.29, 1.82) is 0 Å². The van der Waals surface area contributed by atoms with Crippen LogP contribution in [-0.4, -0.2) is 33.6 Å². The lowest BCUT2D eigenvalue weighted by Crippen LogP contribution is -2.35. The van der Waals surface area contributed by atoms with Crippen molar-refractivity contribution in [2.45, 2.75) is 30.4 Å². The topological polar surface area (TPSA) is 40.5 Å². The highest BCUT2D eigenvalue weighted by molar-refractivity contribution is 7.84. The molecule has 1 aliphatic rings. The van der Waals surface area contributed by atoms with Gasteiger partial charge in [-0.1, -0.05) is 42.5 Å². The molecule has 1 saturated heterocycles. The maximum absolute atomic E-state index is 11.4. The van der Waals surface area contributed by atoms with Gasteiger partial charge in [0.2, 0.25) is 0 Å². The van der Waals surface area contributed by atoms with Gasteiger partial charge in [0.05, 0.1) is 6.10 Å². The zero-order valence-corrected chi connectivity index (χ0v) is 14.9. The second-order valence-electron chi connectivity index (χ2n) is 6.57. The van der Waals surface area contributed by atoms with Crippen molar-refractivity contribution in [2.24, 2.45) is 5.92 Å². The van der Waals surface area contributed by atoms with Crippen LogP contribution in [0.1, 0.15) is 30.1 Å². The largest absolute Gasteiger partial charge is 0.388 e. The SMILES string of the molecule is CS(=O)c1ccc(CN2CCC(C(O)c3ccccc3)CC2)cc1. The van der Waals surface area contributed by atoms with E-state index in [1.54, 1.807) is 6.26 Å². The van der Waals surface area contributed by atoms with Gasteiger partial charge in [0.25, 0.3) is 0 Å². The van der Waals surface area contributed by atoms with Crippen molar-refractivity contribution in [3.05, 3.63) is 65.7 Å². The summed E-state index contributed by atoms with van der Waals surface area (Å²) in [5.41, 5.74) is 2.28. The van der Waals surface area contributed by atoms with Crippen LogP contribution < -0.4 is 0 Å². The van der Waals surface area contributed by atoms with E-state index in [2.05, 4.69) is 17.0 Å². The molecule has 0 aliphatic carbocycles. The molecule has 2 unspecified atom stereocenters. The second-order valence-corrected chi connectivity index (χ2v) is 7.95. The summed E-state index contributed by atoms with van der Waals surface area (Å²) < 4.78 is 11.4. The fourth-order valence-corrected chi connectivity index (χ4v) is 3.91. The Morgan fingerprint density at radius 1 is 1.08 bits per heavy atom. The van der Waals surface area contributed by atoms with Gasteiger partial charge in [0.1, 0.15) is 0 Å². The summed E-state index contributed by atoms with van der Waals surface area (Å²) in [4.78, 5) is 3.31. The zero-order valence-electron chi connectivity index (χ0n) is 14.1. The molecule has 0 spiro atoms. The fourth-order valence-electron chi connectivity index (χ4n) is 3.39. The zero-order chi connectivity index (χ0) is 16.9. The van der Waals surface area contributed by atoms with E-state index in [1.165, 1.54) is 5.56 Å². The summed E-state index contributed by atoms with van der Waals surface area (Å²) in [6.45, 7) is 2.94. The van der Waals surface area contributed by atoms with Crippen LogP contribution in [0.25, 0.3) is 0 Å². The Kier molecular flexibility index (Phi) is 5.82. The van der Waals surface area contributed by atoms with Crippen LogP contribution in [0.15, 0.2) is 59.5 Å². The molecular weight excluding hydrogens is 318 g/mol. The van der Waals surface area contributed by atoms with Crippen LogP contribution in [0.5, 0.6) is 0 Å². The van der Waals surface area contributed by atoms with Gasteiger partial charge in [-0.2, -0.15) is 0 Å². The first kappa shape index (κ1) is 17.3. The molecular formula is C20H25NO2S. The molecule has 2 atom stereocenters. The Labute approximate surface area is 146 Å². The number of benzene rings is 2. The molecule has 3 rings (SSSR count). The summed E-state index contributed by atoms with van der Waals surface area (Å²) in [6.07, 6.45) is 3.39. The van der Waals surface area contributed by atoms with Gasteiger partial charge in [-0.25, -0.2) is 0 Å². The van der Waals surface area contributed by atoms with Crippen LogP contribution in [0.2, 0.25) is 0 Å². The summed E-state index contributed by atoms with van der Waals surface area (Å²) in [6, 6.07) is 18.0. The summed E-state index contributed by atoms with van der Waals surface area (Å²) in [5, 5.41) is 10.6. The Hall–Kier alpha value is -1.49. The molecule has 0 radical (unpaired) electrons. The number of aliphatic hydroxyl groups is 1. The molecule has 2 aromatic carbocycles. The Morgan fingerprint density at radius 3 is 2.29 bits per heavy atom. The van der Waals surface area contributed by atoms with E-state index in [9.17, 15) is 9.32 Å². The lowest BCUT2D eigenvalue weighted by Gasteiger charge is -2.34. The van der Waals surface area contributed by atoms with Crippen molar-refractivity contribution in [3.8, 4) is 0 Å². The monoisotopic (exact) mass is 343 g/mol. The molecule has 1 fully saturated rings. The third-order valence-electron chi connectivity index (χ3n) is 4.88. The van der Waals surface area contributed by atoms with Crippen molar-refractivity contribution >= 4 is 10.8 Å². The molecule has 0 aromatic heterocycles. The first-order valence-electron chi connectivity index (χ1n) is 8.51. The van der Waals surface area contributed by atoms with Gasteiger partial charge in [-0.05, 0) is 55.1 Å². The average Bonchev–Trinajstić information content (AvgIpc) is 2.63. The molecule has 0 saturated carbocycles. The number of hydrogen-bond acceptors (Lipinski definition) is 3. The van der Waals surface area contributed by atoms with Gasteiger partial charge in [-0.3, -0.25) is 9.11 Å². The quantitative estimate of drug-likeness (QED) is 0.905. The highest BCUT2D eigenvalue weighted by atomic mass is 32.2. The predicted octanol–water partition coefficient (Wildman–Crippen LogP) is 3.37. The lowest BCUT2D eigenvalue weighted by atomic mass is 9.87. The van der Waals surface area contributed by atoms with Gasteiger partial charge in [0, 0.05) is 28.5 Å². The van der Waals surface area contributed by atoms with E-state index < -0.39 is 10.8 Å². The van der Waals surface area contributed by atoms with Gasteiger partial charge < -0.3 is 5.11 Å². The molecule has 1 N–H and O–H groups in total. The fraction of sp³-hybridized carbons (Fsp3) is 0.400. The number of hydrogen-bond donors (Lipinski definition) is 1. The maximum Gasteiger partial charge on any atom is 0.0819 e. The van der Waals surface area contributed by atoms with E-state index in [0.29, 0.717) is 5.92 Å². The van der Waals surface area contributed by atoms with Crippen molar-refractivity contribution in [1.82, 2.24) is 4.90 Å². The lowest BCUT2D eigenvalue weighted by molar-refractivity contribution is 0.0568. The van der Waals surface area contributed by atoms with Crippen molar-refractivity contribution in [2.75, 3.05) is 19.3 Å². The average molecular weight is 343 g/mol. The highest BCUT2D eigenvalue weighted by Gasteiger charge is 2.26. The number of piperidine rings is 1. The molecule has 0 amide bonds. The first-order valence-corrected chi connectivity index (χ1v) is 10.1. The molecule has 1 aliphatic heterocycles. The van der Waals surface area contributed by atoms with E-state index in [1.807, 2.05) is 42.5 Å². The maximum atomic E-state index is 11.4. The predicted molar refractivity (Wildman–Crippen MR) is 98.2 cm³/mol. The highest BCUT2D eigenvalue weighted by Crippen LogP contribution is 2.31. The number of aliphatic hydroxyl groups excluding tert-OH is 1. The van der Waals surface area contributed by atoms with E-state index in [4.69, 9.17) is 0 Å². The normalized spacial score (nSPS) is 19.1. The van der Waals surface area contributed by atoms with E-state index in [-0.39, 0.29) is 6.10 Å². The number of nitrogens with zero attached hydrogens (tertiary/aromatic N) is 1. The molecule has 4 heteroatoms. The van der Waals surface area contributed by atoms with Crippen LogP contribution in [0.3, 0.4) is 0 Å². The molecule has 1 heterocycles. The van der Waals surface area contributed by atoms with Crippen molar-refractivity contribution < 1.29 is 9.32 Å². The third-order valence-corrected chi connectivity index (χ3v) is 5.82. The van der Waals surface area contributed by atoms with Crippen LogP contribution in [0.4, 0.5) is 0 Å². The Bertz CT molecular complexity index is 664. The summed E-state index contributed by atoms with van der Waals surface area (Å²) >= 11 is 0. The molecule has 2 aromatic rings. The minimum absolute atomic E-state index is 0.341. The molecule has 128 valence electrons. The second kappa shape index (κ2) is 8.06. The number of likely N-dealkylation sites (tertiary alicyclic amines) is 1. The summed E-state index contributed by atoms with van der Waals surface area (Å²) in [5.74, 6) is 0.341. The molecule has 24 heavy (non-hydrogen) atoms. The third kappa shape index (κ3) is 4.32. The minimum Gasteiger partial charge on any atom is -0.388 e. The standard InChI is InChI=1S/C20H25NO2S/c1-24(23)19-9-7-16(8-10-19)15-21-13-11-18(12-14-21)20(22)17-5-3-2-4-6-17/h2-10,18,20,22H,11-15H2,1H3. The van der Waals surface area contributed by atoms with E-state index in [0.717, 1.165) is 42.9 Å². The smallest absolute Gasteiger partial charge is 0.0819 e. The summed E-state index contributed by atoms with van der Waals surface area (Å²) in [7, 11) is -0.914. The number of rotatable bonds is 5. The van der Waals surface area contributed by atoms with Crippen LogP contribution >= 0.6 is 0 Å². The Morgan fingerprint density at radius 2 is 1.71 bits per heavy atom. The Balaban J connectivity index is 1.52. The van der Waals surface area contributed by atoms with Gasteiger partial charge in [0.15, 0.2) is 0 Å². The van der Waals surface area contributed by atoms with E-state index >= 15 is 0 Å². The van der Waals surface area contributed by atoms with Crippen molar-refractivity contribution in [3.63, 3.8) is 0 Å².